The van der Waals surface area contributed by atoms with Gasteiger partial charge in [-0.15, -0.1) is 0 Å². The van der Waals surface area contributed by atoms with Crippen molar-refractivity contribution in [3.05, 3.63) is 29.8 Å². The van der Waals surface area contributed by atoms with E-state index in [0.717, 1.165) is 24.8 Å². The molecule has 5 heteroatoms. The Hall–Kier alpha value is -1.88. The lowest BCUT2D eigenvalue weighted by Crippen LogP contribution is -2.42. The molecular weight excluding hydrogens is 292 g/mol. The summed E-state index contributed by atoms with van der Waals surface area (Å²) in [6, 6.07) is 7.44. The standard InChI is InChI=1S/C18H28N2O3/c1-4-14-9-7-8-10-15(14)20-17(23)16(22)19-13-18(5-2,6-3)11-12-21/h7-10,21H,4-6,11-13H2,1-3H3,(H,19,22)(H,20,23). The molecule has 0 spiro atoms. The van der Waals surface area contributed by atoms with Crippen LogP contribution in [0.3, 0.4) is 0 Å². The number of carbonyl (C=O) groups is 2. The number of nitrogens with one attached hydrogen (secondary N) is 2. The monoisotopic (exact) mass is 320 g/mol. The minimum atomic E-state index is -0.656. The molecule has 0 radical (unpaired) electrons. The maximum absolute atomic E-state index is 12.1. The highest BCUT2D eigenvalue weighted by Gasteiger charge is 2.27. The molecule has 0 unspecified atom stereocenters. The zero-order valence-corrected chi connectivity index (χ0v) is 14.3. The molecule has 0 fully saturated rings. The largest absolute Gasteiger partial charge is 0.396 e. The molecule has 0 aromatic heterocycles. The number of anilines is 1. The normalized spacial score (nSPS) is 11.1. The van der Waals surface area contributed by atoms with Gasteiger partial charge in [0.05, 0.1) is 0 Å². The number of aliphatic hydroxyl groups excluding tert-OH is 1. The van der Waals surface area contributed by atoms with Gasteiger partial charge in [-0.05, 0) is 42.7 Å². The summed E-state index contributed by atoms with van der Waals surface area (Å²) in [6.45, 7) is 6.53. The van der Waals surface area contributed by atoms with E-state index in [0.29, 0.717) is 18.7 Å². The van der Waals surface area contributed by atoms with Crippen LogP contribution in [0.1, 0.15) is 45.6 Å². The van der Waals surface area contributed by atoms with Gasteiger partial charge in [0, 0.05) is 18.8 Å². The highest BCUT2D eigenvalue weighted by atomic mass is 16.3. The second-order valence-electron chi connectivity index (χ2n) is 5.83. The van der Waals surface area contributed by atoms with Crippen molar-refractivity contribution >= 4 is 17.5 Å². The molecule has 23 heavy (non-hydrogen) atoms. The first-order valence-electron chi connectivity index (χ1n) is 8.29. The molecule has 3 N–H and O–H groups in total. The highest BCUT2D eigenvalue weighted by molar-refractivity contribution is 6.39. The summed E-state index contributed by atoms with van der Waals surface area (Å²) in [7, 11) is 0. The van der Waals surface area contributed by atoms with E-state index in [9.17, 15) is 14.7 Å². The lowest BCUT2D eigenvalue weighted by atomic mass is 9.79. The third kappa shape index (κ3) is 5.36. The van der Waals surface area contributed by atoms with Gasteiger partial charge in [0.15, 0.2) is 0 Å². The van der Waals surface area contributed by atoms with Crippen molar-refractivity contribution in [2.75, 3.05) is 18.5 Å². The van der Waals surface area contributed by atoms with Gasteiger partial charge < -0.3 is 15.7 Å². The Morgan fingerprint density at radius 3 is 2.30 bits per heavy atom. The Bertz CT molecular complexity index is 525. The van der Waals surface area contributed by atoms with Gasteiger partial charge in [-0.2, -0.15) is 0 Å². The zero-order valence-electron chi connectivity index (χ0n) is 14.3. The number of para-hydroxylation sites is 1. The second kappa shape index (κ2) is 9.30. The van der Waals surface area contributed by atoms with E-state index in [1.165, 1.54) is 0 Å². The third-order valence-corrected chi connectivity index (χ3v) is 4.62. The van der Waals surface area contributed by atoms with Crippen molar-refractivity contribution in [1.29, 1.82) is 0 Å². The number of benzene rings is 1. The van der Waals surface area contributed by atoms with Crippen LogP contribution in [-0.2, 0) is 16.0 Å². The Morgan fingerprint density at radius 2 is 1.74 bits per heavy atom. The van der Waals surface area contributed by atoms with Crippen LogP contribution in [0.15, 0.2) is 24.3 Å². The molecule has 128 valence electrons. The molecule has 0 saturated heterocycles. The summed E-state index contributed by atoms with van der Waals surface area (Å²) in [5, 5.41) is 14.6. The van der Waals surface area contributed by atoms with Crippen LogP contribution in [-0.4, -0.2) is 30.1 Å². The number of carbonyl (C=O) groups excluding carboxylic acids is 2. The number of hydrogen-bond acceptors (Lipinski definition) is 3. The fraction of sp³-hybridized carbons (Fsp3) is 0.556. The fourth-order valence-electron chi connectivity index (χ4n) is 2.66. The van der Waals surface area contributed by atoms with Crippen molar-refractivity contribution in [3.63, 3.8) is 0 Å². The minimum Gasteiger partial charge on any atom is -0.396 e. The molecule has 0 bridgehead atoms. The predicted octanol–water partition coefficient (Wildman–Crippen LogP) is 2.49. The van der Waals surface area contributed by atoms with Gasteiger partial charge in [0.25, 0.3) is 0 Å². The SMILES string of the molecule is CCc1ccccc1NC(=O)C(=O)NCC(CC)(CC)CCO. The maximum Gasteiger partial charge on any atom is 0.313 e. The average Bonchev–Trinajstić information content (AvgIpc) is 2.58. The van der Waals surface area contributed by atoms with Crippen LogP contribution in [0.2, 0.25) is 0 Å². The summed E-state index contributed by atoms with van der Waals surface area (Å²) in [5.41, 5.74) is 1.50. The number of aryl methyl sites for hydroxylation is 1. The number of hydrogen-bond donors (Lipinski definition) is 3. The lowest BCUT2D eigenvalue weighted by Gasteiger charge is -2.31. The molecule has 1 aromatic rings. The minimum absolute atomic E-state index is 0.0770. The number of rotatable bonds is 8. The first-order chi connectivity index (χ1) is 11.0. The summed E-state index contributed by atoms with van der Waals surface area (Å²) in [6.07, 6.45) is 3.07. The van der Waals surface area contributed by atoms with E-state index in [4.69, 9.17) is 0 Å². The molecule has 0 aliphatic heterocycles. The van der Waals surface area contributed by atoms with Crippen molar-refractivity contribution in [2.45, 2.75) is 46.5 Å². The van der Waals surface area contributed by atoms with Crippen LogP contribution in [0.5, 0.6) is 0 Å². The summed E-state index contributed by atoms with van der Waals surface area (Å²) in [5.74, 6) is -1.30. The molecular formula is C18H28N2O3. The first-order valence-corrected chi connectivity index (χ1v) is 8.29. The van der Waals surface area contributed by atoms with E-state index in [2.05, 4.69) is 10.6 Å². The highest BCUT2D eigenvalue weighted by Crippen LogP contribution is 2.29. The third-order valence-electron chi connectivity index (χ3n) is 4.62. The average molecular weight is 320 g/mol. The van der Waals surface area contributed by atoms with Gasteiger partial charge in [-0.1, -0.05) is 39.0 Å². The molecule has 5 nitrogen and oxygen atoms in total. The molecule has 0 atom stereocenters. The topological polar surface area (TPSA) is 78.4 Å². The summed E-state index contributed by atoms with van der Waals surface area (Å²) in [4.78, 5) is 24.1. The molecule has 0 aliphatic rings. The van der Waals surface area contributed by atoms with Crippen LogP contribution < -0.4 is 10.6 Å². The first kappa shape index (κ1) is 19.2. The molecule has 1 rings (SSSR count). The zero-order chi connectivity index (χ0) is 17.3. The Balaban J connectivity index is 2.65. The molecule has 0 heterocycles. The molecule has 0 aliphatic carbocycles. The number of aliphatic hydroxyl groups is 1. The van der Waals surface area contributed by atoms with Gasteiger partial charge in [0.1, 0.15) is 0 Å². The van der Waals surface area contributed by atoms with E-state index in [1.807, 2.05) is 39.0 Å². The van der Waals surface area contributed by atoms with Crippen molar-refractivity contribution in [3.8, 4) is 0 Å². The summed E-state index contributed by atoms with van der Waals surface area (Å²) >= 11 is 0. The Labute approximate surface area is 138 Å². The van der Waals surface area contributed by atoms with E-state index >= 15 is 0 Å². The van der Waals surface area contributed by atoms with Crippen LogP contribution >= 0.6 is 0 Å². The fourth-order valence-corrected chi connectivity index (χ4v) is 2.66. The van der Waals surface area contributed by atoms with Crippen LogP contribution in [0.4, 0.5) is 5.69 Å². The number of amides is 2. The van der Waals surface area contributed by atoms with E-state index in [1.54, 1.807) is 6.07 Å². The Morgan fingerprint density at radius 1 is 1.09 bits per heavy atom. The van der Waals surface area contributed by atoms with Crippen LogP contribution in [0, 0.1) is 5.41 Å². The smallest absolute Gasteiger partial charge is 0.313 e. The van der Waals surface area contributed by atoms with Crippen LogP contribution in [0.25, 0.3) is 0 Å². The van der Waals surface area contributed by atoms with E-state index < -0.39 is 11.8 Å². The lowest BCUT2D eigenvalue weighted by molar-refractivity contribution is -0.136. The Kier molecular flexibility index (Phi) is 7.75. The van der Waals surface area contributed by atoms with Crippen molar-refractivity contribution < 1.29 is 14.7 Å². The summed E-state index contributed by atoms with van der Waals surface area (Å²) < 4.78 is 0. The van der Waals surface area contributed by atoms with Gasteiger partial charge >= 0.3 is 11.8 Å². The second-order valence-corrected chi connectivity index (χ2v) is 5.83. The van der Waals surface area contributed by atoms with Crippen molar-refractivity contribution in [2.24, 2.45) is 5.41 Å². The maximum atomic E-state index is 12.1. The predicted molar refractivity (Wildman–Crippen MR) is 92.2 cm³/mol. The van der Waals surface area contributed by atoms with Gasteiger partial charge in [0.2, 0.25) is 0 Å². The molecule has 1 aromatic carbocycles. The van der Waals surface area contributed by atoms with Gasteiger partial charge in [-0.3, -0.25) is 9.59 Å². The molecule has 2 amide bonds. The molecule has 0 saturated carbocycles. The van der Waals surface area contributed by atoms with Gasteiger partial charge in [-0.25, -0.2) is 0 Å². The van der Waals surface area contributed by atoms with E-state index in [-0.39, 0.29) is 12.0 Å². The van der Waals surface area contributed by atoms with Crippen molar-refractivity contribution in [1.82, 2.24) is 5.32 Å². The quantitative estimate of drug-likeness (QED) is 0.644.